The number of allylic oxidation sites excluding steroid dienone is 1. The number of halogens is 1. The van der Waals surface area contributed by atoms with Crippen LogP contribution < -0.4 is 15.4 Å². The molecule has 1 heterocycles. The quantitative estimate of drug-likeness (QED) is 0.330. The van der Waals surface area contributed by atoms with Gasteiger partial charge in [0.05, 0.1) is 12.9 Å². The summed E-state index contributed by atoms with van der Waals surface area (Å²) in [5.41, 5.74) is 1.05. The number of methoxy groups -OCH3 is 1. The lowest BCUT2D eigenvalue weighted by molar-refractivity contribution is -0.113. The molecular weight excluding hydrogens is 445 g/mol. The number of nitrogens with zero attached hydrogens (tertiary/aromatic N) is 3. The number of carbonyl (C=O) groups excluding carboxylic acids is 2. The van der Waals surface area contributed by atoms with E-state index in [0.717, 1.165) is 0 Å². The van der Waals surface area contributed by atoms with Crippen molar-refractivity contribution < 1.29 is 18.7 Å². The summed E-state index contributed by atoms with van der Waals surface area (Å²) in [6.07, 6.45) is 2.18. The average molecular weight is 470 g/mol. The van der Waals surface area contributed by atoms with Crippen molar-refractivity contribution in [3.63, 3.8) is 0 Å². The highest BCUT2D eigenvalue weighted by Crippen LogP contribution is 2.18. The maximum absolute atomic E-state index is 13.0. The van der Waals surface area contributed by atoms with E-state index in [-0.39, 0.29) is 23.4 Å². The molecule has 0 aliphatic heterocycles. The lowest BCUT2D eigenvalue weighted by atomic mass is 10.2. The second-order valence-corrected chi connectivity index (χ2v) is 7.82. The number of rotatable bonds is 11. The zero-order valence-corrected chi connectivity index (χ0v) is 18.9. The molecule has 0 saturated carbocycles. The van der Waals surface area contributed by atoms with Gasteiger partial charge in [-0.3, -0.25) is 9.59 Å². The SMILES string of the molecule is C=CCn1c(CCNC(=O)c2ccc(OC)cc2)nnc1SCC(=O)Nc1ccc(F)cc1. The van der Waals surface area contributed by atoms with E-state index in [1.54, 1.807) is 37.5 Å². The van der Waals surface area contributed by atoms with Gasteiger partial charge >= 0.3 is 0 Å². The van der Waals surface area contributed by atoms with Gasteiger partial charge < -0.3 is 19.9 Å². The van der Waals surface area contributed by atoms with Gasteiger partial charge in [-0.05, 0) is 48.5 Å². The van der Waals surface area contributed by atoms with Crippen molar-refractivity contribution in [2.45, 2.75) is 18.1 Å². The first-order valence-electron chi connectivity index (χ1n) is 10.1. The van der Waals surface area contributed by atoms with Crippen molar-refractivity contribution in [2.24, 2.45) is 0 Å². The maximum atomic E-state index is 13.0. The monoisotopic (exact) mass is 469 g/mol. The van der Waals surface area contributed by atoms with Gasteiger partial charge in [-0.1, -0.05) is 17.8 Å². The number of nitrogens with one attached hydrogen (secondary N) is 2. The molecule has 1 aromatic heterocycles. The van der Waals surface area contributed by atoms with Crippen LogP contribution in [0.25, 0.3) is 0 Å². The molecule has 2 N–H and O–H groups in total. The number of amides is 2. The topological polar surface area (TPSA) is 98.1 Å². The molecule has 172 valence electrons. The maximum Gasteiger partial charge on any atom is 0.251 e. The van der Waals surface area contributed by atoms with Gasteiger partial charge in [0.2, 0.25) is 5.91 Å². The molecule has 3 rings (SSSR count). The number of benzene rings is 2. The lowest BCUT2D eigenvalue weighted by Gasteiger charge is -2.09. The number of aromatic nitrogens is 3. The van der Waals surface area contributed by atoms with Gasteiger partial charge in [-0.15, -0.1) is 16.8 Å². The second kappa shape index (κ2) is 11.8. The van der Waals surface area contributed by atoms with E-state index < -0.39 is 0 Å². The normalized spacial score (nSPS) is 10.5. The first-order chi connectivity index (χ1) is 16.0. The third kappa shape index (κ3) is 6.91. The van der Waals surface area contributed by atoms with Crippen molar-refractivity contribution in [2.75, 3.05) is 24.7 Å². The van der Waals surface area contributed by atoms with E-state index in [1.807, 2.05) is 4.57 Å². The Kier molecular flexibility index (Phi) is 8.59. The van der Waals surface area contributed by atoms with Crippen LogP contribution in [-0.2, 0) is 17.8 Å². The van der Waals surface area contributed by atoms with Crippen molar-refractivity contribution in [3.05, 3.63) is 78.4 Å². The van der Waals surface area contributed by atoms with Gasteiger partial charge in [-0.25, -0.2) is 4.39 Å². The van der Waals surface area contributed by atoms with Crippen molar-refractivity contribution in [3.8, 4) is 5.75 Å². The summed E-state index contributed by atoms with van der Waals surface area (Å²) in [5, 5.41) is 14.5. The van der Waals surface area contributed by atoms with Gasteiger partial charge in [-0.2, -0.15) is 0 Å². The Bertz CT molecular complexity index is 1100. The Morgan fingerprint density at radius 1 is 1.15 bits per heavy atom. The number of ether oxygens (including phenoxy) is 1. The molecule has 33 heavy (non-hydrogen) atoms. The van der Waals surface area contributed by atoms with Crippen LogP contribution >= 0.6 is 11.8 Å². The zero-order valence-electron chi connectivity index (χ0n) is 18.1. The molecule has 0 saturated heterocycles. The molecule has 3 aromatic rings. The van der Waals surface area contributed by atoms with E-state index in [9.17, 15) is 14.0 Å². The van der Waals surface area contributed by atoms with E-state index >= 15 is 0 Å². The first kappa shape index (κ1) is 24.0. The highest BCUT2D eigenvalue weighted by molar-refractivity contribution is 7.99. The molecule has 0 fully saturated rings. The van der Waals surface area contributed by atoms with Crippen LogP contribution in [0.5, 0.6) is 5.75 Å². The highest BCUT2D eigenvalue weighted by atomic mass is 32.2. The molecule has 10 heteroatoms. The Morgan fingerprint density at radius 2 is 1.88 bits per heavy atom. The summed E-state index contributed by atoms with van der Waals surface area (Å²) in [4.78, 5) is 24.5. The van der Waals surface area contributed by atoms with E-state index in [1.165, 1.54) is 36.0 Å². The summed E-state index contributed by atoms with van der Waals surface area (Å²) in [5.74, 6) is 0.660. The van der Waals surface area contributed by atoms with Gasteiger partial charge in [0.1, 0.15) is 17.4 Å². The van der Waals surface area contributed by atoms with Gasteiger partial charge in [0.15, 0.2) is 5.16 Å². The minimum Gasteiger partial charge on any atom is -0.497 e. The molecule has 0 aliphatic carbocycles. The molecule has 0 aliphatic rings. The fourth-order valence-electron chi connectivity index (χ4n) is 2.92. The molecular formula is C23H24FN5O3S. The molecule has 0 unspecified atom stereocenters. The molecule has 0 bridgehead atoms. The third-order valence-corrected chi connectivity index (χ3v) is 5.52. The molecule has 0 radical (unpaired) electrons. The fraction of sp³-hybridized carbons (Fsp3) is 0.217. The Balaban J connectivity index is 1.53. The van der Waals surface area contributed by atoms with E-state index in [0.29, 0.717) is 47.5 Å². The van der Waals surface area contributed by atoms with Crippen LogP contribution in [0.1, 0.15) is 16.2 Å². The molecule has 0 spiro atoms. The predicted octanol–water partition coefficient (Wildman–Crippen LogP) is 3.32. The summed E-state index contributed by atoms with van der Waals surface area (Å²) < 4.78 is 19.9. The number of anilines is 1. The summed E-state index contributed by atoms with van der Waals surface area (Å²) in [6.45, 7) is 4.60. The first-order valence-corrected chi connectivity index (χ1v) is 11.1. The Hall–Kier alpha value is -3.66. The van der Waals surface area contributed by atoms with Crippen molar-refractivity contribution >= 4 is 29.3 Å². The fourth-order valence-corrected chi connectivity index (χ4v) is 3.68. The zero-order chi connectivity index (χ0) is 23.6. The van der Waals surface area contributed by atoms with Crippen LogP contribution in [-0.4, -0.2) is 46.0 Å². The average Bonchev–Trinajstić information content (AvgIpc) is 3.21. The van der Waals surface area contributed by atoms with Crippen LogP contribution in [0.4, 0.5) is 10.1 Å². The molecule has 8 nitrogen and oxygen atoms in total. The largest absolute Gasteiger partial charge is 0.497 e. The molecule has 2 aromatic carbocycles. The van der Waals surface area contributed by atoms with Crippen molar-refractivity contribution in [1.82, 2.24) is 20.1 Å². The number of carbonyl (C=O) groups is 2. The number of thioether (sulfide) groups is 1. The number of hydrogen-bond donors (Lipinski definition) is 2. The van der Waals surface area contributed by atoms with E-state index in [2.05, 4.69) is 27.4 Å². The van der Waals surface area contributed by atoms with Gasteiger partial charge in [0, 0.05) is 30.8 Å². The van der Waals surface area contributed by atoms with Crippen LogP contribution in [0.2, 0.25) is 0 Å². The lowest BCUT2D eigenvalue weighted by Crippen LogP contribution is -2.26. The summed E-state index contributed by atoms with van der Waals surface area (Å²) >= 11 is 1.23. The Labute approximate surface area is 195 Å². The third-order valence-electron chi connectivity index (χ3n) is 4.55. The van der Waals surface area contributed by atoms with Crippen LogP contribution in [0.15, 0.2) is 66.3 Å². The summed E-state index contributed by atoms with van der Waals surface area (Å²) in [6, 6.07) is 12.4. The molecule has 0 atom stereocenters. The summed E-state index contributed by atoms with van der Waals surface area (Å²) in [7, 11) is 1.57. The highest BCUT2D eigenvalue weighted by Gasteiger charge is 2.14. The van der Waals surface area contributed by atoms with Gasteiger partial charge in [0.25, 0.3) is 5.91 Å². The minimum atomic E-state index is -0.368. The standard InChI is InChI=1S/C23H24FN5O3S/c1-3-14-29-20(12-13-25-22(31)16-4-10-19(32-2)11-5-16)27-28-23(29)33-15-21(30)26-18-8-6-17(24)7-9-18/h3-11H,1,12-15H2,2H3,(H,25,31)(H,26,30). The van der Waals surface area contributed by atoms with Crippen LogP contribution in [0, 0.1) is 5.82 Å². The molecule has 2 amide bonds. The second-order valence-electron chi connectivity index (χ2n) is 6.88. The van der Waals surface area contributed by atoms with E-state index in [4.69, 9.17) is 4.74 Å². The predicted molar refractivity (Wildman–Crippen MR) is 125 cm³/mol. The number of hydrogen-bond acceptors (Lipinski definition) is 6. The minimum absolute atomic E-state index is 0.112. The smallest absolute Gasteiger partial charge is 0.251 e. The Morgan fingerprint density at radius 3 is 2.55 bits per heavy atom. The van der Waals surface area contributed by atoms with Crippen LogP contribution in [0.3, 0.4) is 0 Å². The van der Waals surface area contributed by atoms with Crippen molar-refractivity contribution in [1.29, 1.82) is 0 Å².